The van der Waals surface area contributed by atoms with Crippen LogP contribution in [-0.4, -0.2) is 29.3 Å². The zero-order chi connectivity index (χ0) is 15.4. The molecule has 3 amide bonds. The molecular weight excluding hydrogens is 272 g/mol. The molecule has 0 bridgehead atoms. The first-order valence-corrected chi connectivity index (χ1v) is 6.20. The van der Waals surface area contributed by atoms with Gasteiger partial charge in [-0.15, -0.1) is 0 Å². The van der Waals surface area contributed by atoms with E-state index in [1.807, 2.05) is 12.1 Å². The van der Waals surface area contributed by atoms with E-state index in [9.17, 15) is 14.4 Å². The smallest absolute Gasteiger partial charge is 0.241 e. The highest BCUT2D eigenvalue weighted by Gasteiger charge is 2.26. The summed E-state index contributed by atoms with van der Waals surface area (Å²) in [6, 6.07) is 9.49. The number of amides is 3. The Morgan fingerprint density at radius 2 is 1.90 bits per heavy atom. The molecule has 0 aliphatic rings. The van der Waals surface area contributed by atoms with Gasteiger partial charge in [0.25, 0.3) is 0 Å². The van der Waals surface area contributed by atoms with Crippen molar-refractivity contribution in [2.45, 2.75) is 12.5 Å². The second-order valence-electron chi connectivity index (χ2n) is 4.46. The van der Waals surface area contributed by atoms with E-state index >= 15 is 0 Å². The fourth-order valence-corrected chi connectivity index (χ4v) is 2.01. The minimum absolute atomic E-state index is 0.230. The molecule has 0 radical (unpaired) electrons. The van der Waals surface area contributed by atoms with Crippen molar-refractivity contribution in [3.63, 3.8) is 0 Å². The van der Waals surface area contributed by atoms with Gasteiger partial charge in [-0.25, -0.2) is 4.98 Å². The van der Waals surface area contributed by atoms with Gasteiger partial charge in [0.15, 0.2) is 0 Å². The highest BCUT2D eigenvalue weighted by Crippen LogP contribution is 2.19. The molecule has 0 spiro atoms. The highest BCUT2D eigenvalue weighted by molar-refractivity contribution is 5.95. The third kappa shape index (κ3) is 3.14. The molecule has 1 atom stereocenters. The number of carbonyl (C=O) groups is 3. The number of nitrogens with zero attached hydrogens (tertiary/aromatic N) is 2. The zero-order valence-electron chi connectivity index (χ0n) is 11.1. The Morgan fingerprint density at radius 1 is 1.19 bits per heavy atom. The van der Waals surface area contributed by atoms with E-state index in [0.717, 1.165) is 10.3 Å². The number of hydrogen-bond acceptors (Lipinski definition) is 4. The Balaban J connectivity index is 2.43. The van der Waals surface area contributed by atoms with Crippen LogP contribution >= 0.6 is 0 Å². The number of anilines is 1. The Hall–Kier alpha value is -2.96. The SMILES string of the molecule is NC(=O)CC(C(N)=O)N(C=O)c1ccc2ccccc2n1. The monoisotopic (exact) mass is 286 g/mol. The first-order chi connectivity index (χ1) is 10.0. The van der Waals surface area contributed by atoms with Crippen LogP contribution in [0, 0.1) is 0 Å². The van der Waals surface area contributed by atoms with Gasteiger partial charge in [0.1, 0.15) is 11.9 Å². The molecule has 0 aliphatic heterocycles. The van der Waals surface area contributed by atoms with Crippen LogP contribution in [0.25, 0.3) is 10.9 Å². The van der Waals surface area contributed by atoms with Gasteiger partial charge in [-0.05, 0) is 18.2 Å². The van der Waals surface area contributed by atoms with Gasteiger partial charge in [-0.3, -0.25) is 19.3 Å². The summed E-state index contributed by atoms with van der Waals surface area (Å²) in [6.45, 7) is 0. The number of nitrogens with two attached hydrogens (primary N) is 2. The molecule has 4 N–H and O–H groups in total. The van der Waals surface area contributed by atoms with Crippen molar-refractivity contribution in [3.8, 4) is 0 Å². The maximum atomic E-state index is 11.5. The number of aromatic nitrogens is 1. The van der Waals surface area contributed by atoms with Crippen molar-refractivity contribution in [1.82, 2.24) is 4.98 Å². The van der Waals surface area contributed by atoms with Crippen molar-refractivity contribution in [2.75, 3.05) is 4.90 Å². The van der Waals surface area contributed by atoms with E-state index in [1.54, 1.807) is 24.3 Å². The number of pyridine rings is 1. The van der Waals surface area contributed by atoms with E-state index in [4.69, 9.17) is 11.5 Å². The highest BCUT2D eigenvalue weighted by atomic mass is 16.2. The summed E-state index contributed by atoms with van der Waals surface area (Å²) in [5.41, 5.74) is 11.0. The molecular formula is C14H14N4O3. The molecule has 0 saturated carbocycles. The van der Waals surface area contributed by atoms with Crippen LogP contribution in [0.5, 0.6) is 0 Å². The quantitative estimate of drug-likeness (QED) is 0.722. The number of para-hydroxylation sites is 1. The van der Waals surface area contributed by atoms with E-state index in [0.29, 0.717) is 11.9 Å². The number of benzene rings is 1. The average molecular weight is 286 g/mol. The van der Waals surface area contributed by atoms with Gasteiger partial charge in [0, 0.05) is 5.39 Å². The third-order valence-electron chi connectivity index (χ3n) is 3.02. The fraction of sp³-hybridized carbons (Fsp3) is 0.143. The predicted molar refractivity (Wildman–Crippen MR) is 77.1 cm³/mol. The largest absolute Gasteiger partial charge is 0.370 e. The van der Waals surface area contributed by atoms with Gasteiger partial charge in [-0.1, -0.05) is 18.2 Å². The summed E-state index contributed by atoms with van der Waals surface area (Å²) >= 11 is 0. The zero-order valence-corrected chi connectivity index (χ0v) is 11.1. The molecule has 1 aromatic carbocycles. The van der Waals surface area contributed by atoms with E-state index in [2.05, 4.69) is 4.98 Å². The number of rotatable bonds is 6. The number of fused-ring (bicyclic) bond motifs is 1. The summed E-state index contributed by atoms with van der Waals surface area (Å²) in [5.74, 6) is -1.32. The number of hydrogen-bond donors (Lipinski definition) is 2. The summed E-state index contributed by atoms with van der Waals surface area (Å²) in [5, 5.41) is 0.887. The van der Waals surface area contributed by atoms with E-state index in [1.165, 1.54) is 0 Å². The van der Waals surface area contributed by atoms with Gasteiger partial charge >= 0.3 is 0 Å². The second-order valence-corrected chi connectivity index (χ2v) is 4.46. The third-order valence-corrected chi connectivity index (χ3v) is 3.02. The molecule has 0 saturated heterocycles. The van der Waals surface area contributed by atoms with E-state index in [-0.39, 0.29) is 12.2 Å². The molecule has 1 unspecified atom stereocenters. The molecule has 0 aliphatic carbocycles. The lowest BCUT2D eigenvalue weighted by Crippen LogP contribution is -2.46. The standard InChI is InChI=1S/C14H14N4O3/c15-12(20)7-11(14(16)21)18(8-19)13-6-5-9-3-1-2-4-10(9)17-13/h1-6,8,11H,7H2,(H2,15,20)(H2,16,21). The van der Waals surface area contributed by atoms with Crippen LogP contribution < -0.4 is 16.4 Å². The lowest BCUT2D eigenvalue weighted by molar-refractivity contribution is -0.125. The molecule has 0 fully saturated rings. The summed E-state index contributed by atoms with van der Waals surface area (Å²) in [7, 11) is 0. The summed E-state index contributed by atoms with van der Waals surface area (Å²) < 4.78 is 0. The van der Waals surface area contributed by atoms with Crippen LogP contribution in [0.4, 0.5) is 5.82 Å². The average Bonchev–Trinajstić information content (AvgIpc) is 2.46. The Labute approximate surface area is 120 Å². The van der Waals surface area contributed by atoms with Gasteiger partial charge in [0.05, 0.1) is 11.9 Å². The normalized spacial score (nSPS) is 11.8. The minimum atomic E-state index is -1.16. The van der Waals surface area contributed by atoms with Crippen molar-refractivity contribution < 1.29 is 14.4 Å². The van der Waals surface area contributed by atoms with Crippen molar-refractivity contribution in [3.05, 3.63) is 36.4 Å². The lowest BCUT2D eigenvalue weighted by atomic mass is 10.1. The molecule has 1 heterocycles. The molecule has 1 aromatic heterocycles. The molecule has 2 rings (SSSR count). The van der Waals surface area contributed by atoms with Crippen LogP contribution in [0.2, 0.25) is 0 Å². The van der Waals surface area contributed by atoms with E-state index < -0.39 is 17.9 Å². The summed E-state index contributed by atoms with van der Waals surface area (Å²) in [4.78, 5) is 39.1. The van der Waals surface area contributed by atoms with Crippen LogP contribution in [0.1, 0.15) is 6.42 Å². The van der Waals surface area contributed by atoms with Crippen LogP contribution in [0.3, 0.4) is 0 Å². The Kier molecular flexibility index (Phi) is 4.13. The molecule has 21 heavy (non-hydrogen) atoms. The molecule has 2 aromatic rings. The second kappa shape index (κ2) is 6.00. The van der Waals surface area contributed by atoms with Crippen molar-refractivity contribution in [1.29, 1.82) is 0 Å². The van der Waals surface area contributed by atoms with Crippen LogP contribution in [0.15, 0.2) is 36.4 Å². The first kappa shape index (κ1) is 14.4. The van der Waals surface area contributed by atoms with Gasteiger partial charge < -0.3 is 11.5 Å². The Bertz CT molecular complexity index is 701. The Morgan fingerprint density at radius 3 is 2.52 bits per heavy atom. The maximum Gasteiger partial charge on any atom is 0.241 e. The fourth-order valence-electron chi connectivity index (χ4n) is 2.01. The number of primary amides is 2. The molecule has 7 nitrogen and oxygen atoms in total. The van der Waals surface area contributed by atoms with Gasteiger partial charge in [0.2, 0.25) is 18.2 Å². The van der Waals surface area contributed by atoms with Crippen molar-refractivity contribution in [2.24, 2.45) is 11.5 Å². The van der Waals surface area contributed by atoms with Crippen LogP contribution in [-0.2, 0) is 14.4 Å². The predicted octanol–water partition coefficient (Wildman–Crippen LogP) is -0.0731. The molecule has 7 heteroatoms. The summed E-state index contributed by atoms with van der Waals surface area (Å²) in [6.07, 6.45) is 0.0536. The first-order valence-electron chi connectivity index (χ1n) is 6.20. The minimum Gasteiger partial charge on any atom is -0.370 e. The number of carbonyl (C=O) groups excluding carboxylic acids is 3. The topological polar surface area (TPSA) is 119 Å². The van der Waals surface area contributed by atoms with Gasteiger partial charge in [-0.2, -0.15) is 0 Å². The maximum absolute atomic E-state index is 11.5. The lowest BCUT2D eigenvalue weighted by Gasteiger charge is -2.24. The van der Waals surface area contributed by atoms with Crippen molar-refractivity contribution >= 4 is 34.9 Å². The molecule has 108 valence electrons.